The van der Waals surface area contributed by atoms with Crippen LogP contribution in [0.5, 0.6) is 5.75 Å². The third-order valence-corrected chi connectivity index (χ3v) is 4.36. The van der Waals surface area contributed by atoms with Gasteiger partial charge in [0, 0.05) is 28.5 Å². The van der Waals surface area contributed by atoms with Crippen LogP contribution in [-0.4, -0.2) is 11.6 Å². The number of rotatable bonds is 1. The molecule has 1 aromatic carbocycles. The molecule has 0 amide bonds. The third kappa shape index (κ3) is 2.31. The number of fused-ring (bicyclic) bond motifs is 3. The Balaban J connectivity index is 2.41. The zero-order chi connectivity index (χ0) is 15.4. The molecular weight excluding hydrogens is 258 g/mol. The molecule has 3 rings (SSSR count). The van der Waals surface area contributed by atoms with Gasteiger partial charge in [0.05, 0.1) is 12.1 Å². The maximum absolute atomic E-state index is 5.82. The molecule has 0 N–H and O–H groups in total. The number of aromatic nitrogens is 1. The third-order valence-electron chi connectivity index (χ3n) is 4.36. The fraction of sp³-hybridized carbons (Fsp3) is 0.526. The van der Waals surface area contributed by atoms with Crippen molar-refractivity contribution >= 4 is 10.9 Å². The fourth-order valence-electron chi connectivity index (χ4n) is 3.13. The maximum atomic E-state index is 5.82. The Morgan fingerprint density at radius 3 is 2.52 bits per heavy atom. The van der Waals surface area contributed by atoms with Crippen LogP contribution in [-0.2, 0) is 11.8 Å². The SMILES string of the molecule is Cc1cc2c(C(C)C)cc(C(C)(C)C)nc2c2c1OCC2. The molecular formula is C19H25NO. The van der Waals surface area contributed by atoms with Gasteiger partial charge in [-0.15, -0.1) is 0 Å². The Morgan fingerprint density at radius 1 is 1.19 bits per heavy atom. The molecule has 0 spiro atoms. The van der Waals surface area contributed by atoms with E-state index >= 15 is 0 Å². The summed E-state index contributed by atoms with van der Waals surface area (Å²) < 4.78 is 5.82. The van der Waals surface area contributed by atoms with Crippen LogP contribution in [0.4, 0.5) is 0 Å². The summed E-state index contributed by atoms with van der Waals surface area (Å²) in [5, 5.41) is 1.31. The van der Waals surface area contributed by atoms with E-state index in [2.05, 4.69) is 53.7 Å². The molecule has 2 heteroatoms. The van der Waals surface area contributed by atoms with Crippen molar-refractivity contribution in [1.82, 2.24) is 4.98 Å². The zero-order valence-electron chi connectivity index (χ0n) is 14.0. The van der Waals surface area contributed by atoms with E-state index in [9.17, 15) is 0 Å². The molecule has 0 radical (unpaired) electrons. The highest BCUT2D eigenvalue weighted by molar-refractivity contribution is 5.89. The van der Waals surface area contributed by atoms with Gasteiger partial charge in [-0.1, -0.05) is 34.6 Å². The minimum absolute atomic E-state index is 0.0645. The molecule has 0 fully saturated rings. The van der Waals surface area contributed by atoms with Crippen LogP contribution in [0.2, 0.25) is 0 Å². The fourth-order valence-corrected chi connectivity index (χ4v) is 3.13. The second kappa shape index (κ2) is 4.72. The number of hydrogen-bond acceptors (Lipinski definition) is 2. The minimum atomic E-state index is 0.0645. The van der Waals surface area contributed by atoms with Crippen molar-refractivity contribution in [2.45, 2.75) is 59.3 Å². The molecule has 1 aliphatic heterocycles. The van der Waals surface area contributed by atoms with Gasteiger partial charge in [0.15, 0.2) is 0 Å². The van der Waals surface area contributed by atoms with Crippen molar-refractivity contribution in [2.24, 2.45) is 0 Å². The summed E-state index contributed by atoms with van der Waals surface area (Å²) in [5.74, 6) is 1.56. The van der Waals surface area contributed by atoms with Crippen molar-refractivity contribution in [3.05, 3.63) is 34.5 Å². The van der Waals surface area contributed by atoms with Gasteiger partial charge in [0.2, 0.25) is 0 Å². The highest BCUT2D eigenvalue weighted by Gasteiger charge is 2.24. The lowest BCUT2D eigenvalue weighted by Crippen LogP contribution is -2.15. The lowest BCUT2D eigenvalue weighted by Gasteiger charge is -2.22. The van der Waals surface area contributed by atoms with E-state index in [0.717, 1.165) is 24.3 Å². The largest absolute Gasteiger partial charge is 0.493 e. The summed E-state index contributed by atoms with van der Waals surface area (Å²) in [7, 11) is 0. The normalized spacial score (nSPS) is 14.6. The molecule has 0 saturated carbocycles. The first-order valence-electron chi connectivity index (χ1n) is 7.89. The van der Waals surface area contributed by atoms with Gasteiger partial charge in [-0.2, -0.15) is 0 Å². The van der Waals surface area contributed by atoms with Crippen LogP contribution in [0, 0.1) is 6.92 Å². The van der Waals surface area contributed by atoms with Crippen LogP contribution in [0.15, 0.2) is 12.1 Å². The van der Waals surface area contributed by atoms with Gasteiger partial charge in [-0.25, -0.2) is 0 Å². The van der Waals surface area contributed by atoms with Crippen LogP contribution < -0.4 is 4.74 Å². The van der Waals surface area contributed by atoms with Gasteiger partial charge in [-0.05, 0) is 36.1 Å². The molecule has 2 heterocycles. The minimum Gasteiger partial charge on any atom is -0.493 e. The molecule has 0 aliphatic carbocycles. The number of aryl methyl sites for hydroxylation is 1. The molecule has 0 atom stereocenters. The molecule has 0 saturated heterocycles. The van der Waals surface area contributed by atoms with E-state index < -0.39 is 0 Å². The summed E-state index contributed by atoms with van der Waals surface area (Å²) in [4.78, 5) is 5.02. The van der Waals surface area contributed by atoms with Crippen LogP contribution >= 0.6 is 0 Å². The Morgan fingerprint density at radius 2 is 1.90 bits per heavy atom. The van der Waals surface area contributed by atoms with E-state index in [0.29, 0.717) is 5.92 Å². The molecule has 1 aliphatic rings. The molecule has 2 nitrogen and oxygen atoms in total. The van der Waals surface area contributed by atoms with Crippen molar-refractivity contribution in [3.63, 3.8) is 0 Å². The van der Waals surface area contributed by atoms with Gasteiger partial charge in [0.1, 0.15) is 5.75 Å². The van der Waals surface area contributed by atoms with Crippen molar-refractivity contribution < 1.29 is 4.74 Å². The average molecular weight is 283 g/mol. The standard InChI is InChI=1S/C19H25NO/c1-11(2)14-10-16(19(4,5)6)20-17-13-7-8-21-18(13)12(3)9-15(14)17/h9-11H,7-8H2,1-6H3. The van der Waals surface area contributed by atoms with Crippen LogP contribution in [0.3, 0.4) is 0 Å². The Labute approximate surface area is 127 Å². The number of ether oxygens (including phenoxy) is 1. The van der Waals surface area contributed by atoms with E-state index in [1.54, 1.807) is 0 Å². The average Bonchev–Trinajstić information content (AvgIpc) is 2.86. The van der Waals surface area contributed by atoms with Gasteiger partial charge >= 0.3 is 0 Å². The quantitative estimate of drug-likeness (QED) is 0.742. The van der Waals surface area contributed by atoms with E-state index in [-0.39, 0.29) is 5.41 Å². The Kier molecular flexibility index (Phi) is 3.23. The lowest BCUT2D eigenvalue weighted by atomic mass is 9.86. The molecule has 21 heavy (non-hydrogen) atoms. The number of nitrogens with zero attached hydrogens (tertiary/aromatic N) is 1. The first-order valence-corrected chi connectivity index (χ1v) is 7.89. The molecule has 1 aromatic heterocycles. The summed E-state index contributed by atoms with van der Waals surface area (Å²) in [6.07, 6.45) is 0.978. The van der Waals surface area contributed by atoms with Crippen LogP contribution in [0.1, 0.15) is 62.9 Å². The van der Waals surface area contributed by atoms with Crippen molar-refractivity contribution in [1.29, 1.82) is 0 Å². The highest BCUT2D eigenvalue weighted by atomic mass is 16.5. The zero-order valence-corrected chi connectivity index (χ0v) is 14.0. The van der Waals surface area contributed by atoms with E-state index in [1.807, 2.05) is 0 Å². The predicted octanol–water partition coefficient (Wildman–Crippen LogP) is 4.90. The number of hydrogen-bond donors (Lipinski definition) is 0. The molecule has 0 bridgehead atoms. The summed E-state index contributed by atoms with van der Waals surface area (Å²) >= 11 is 0. The highest BCUT2D eigenvalue weighted by Crippen LogP contribution is 2.39. The molecule has 0 unspecified atom stereocenters. The monoisotopic (exact) mass is 283 g/mol. The van der Waals surface area contributed by atoms with Crippen molar-refractivity contribution in [2.75, 3.05) is 6.61 Å². The summed E-state index contributed by atoms with van der Waals surface area (Å²) in [5.41, 5.74) is 6.35. The van der Waals surface area contributed by atoms with Gasteiger partial charge in [0.25, 0.3) is 0 Å². The van der Waals surface area contributed by atoms with Crippen molar-refractivity contribution in [3.8, 4) is 5.75 Å². The molecule has 2 aromatic rings. The lowest BCUT2D eigenvalue weighted by molar-refractivity contribution is 0.354. The van der Waals surface area contributed by atoms with Crippen LogP contribution in [0.25, 0.3) is 10.9 Å². The van der Waals surface area contributed by atoms with E-state index in [1.165, 1.54) is 27.8 Å². The molecule has 112 valence electrons. The Hall–Kier alpha value is -1.57. The predicted molar refractivity (Wildman–Crippen MR) is 88.5 cm³/mol. The summed E-state index contributed by atoms with van der Waals surface area (Å²) in [6, 6.07) is 4.56. The topological polar surface area (TPSA) is 22.1 Å². The number of benzene rings is 1. The second-order valence-electron chi connectivity index (χ2n) is 7.50. The number of pyridine rings is 1. The Bertz CT molecular complexity index is 708. The first kappa shape index (κ1) is 14.4. The van der Waals surface area contributed by atoms with Gasteiger partial charge in [-0.3, -0.25) is 4.98 Å². The first-order chi connectivity index (χ1) is 9.79. The van der Waals surface area contributed by atoms with Gasteiger partial charge < -0.3 is 4.74 Å². The second-order valence-corrected chi connectivity index (χ2v) is 7.50. The summed E-state index contributed by atoms with van der Waals surface area (Å²) in [6.45, 7) is 14.2. The maximum Gasteiger partial charge on any atom is 0.127 e. The smallest absolute Gasteiger partial charge is 0.127 e. The van der Waals surface area contributed by atoms with E-state index in [4.69, 9.17) is 9.72 Å².